The molecular formula is C8H8BrClFNO. The van der Waals surface area contributed by atoms with E-state index in [9.17, 15) is 9.50 Å². The van der Waals surface area contributed by atoms with E-state index in [-0.39, 0.29) is 17.1 Å². The Bertz CT molecular complexity index is 321. The zero-order valence-corrected chi connectivity index (χ0v) is 8.94. The minimum atomic E-state index is -1.03. The first-order valence-corrected chi connectivity index (χ1v) is 4.76. The molecule has 0 radical (unpaired) electrons. The molecule has 5 heteroatoms. The summed E-state index contributed by atoms with van der Waals surface area (Å²) >= 11 is 8.65. The highest BCUT2D eigenvalue weighted by molar-refractivity contribution is 9.10. The molecule has 1 aromatic carbocycles. The molecule has 0 aliphatic carbocycles. The van der Waals surface area contributed by atoms with Gasteiger partial charge in [-0.1, -0.05) is 27.5 Å². The van der Waals surface area contributed by atoms with Crippen LogP contribution in [0.4, 0.5) is 4.39 Å². The van der Waals surface area contributed by atoms with Crippen molar-refractivity contribution in [1.82, 2.24) is 0 Å². The van der Waals surface area contributed by atoms with E-state index >= 15 is 0 Å². The predicted molar refractivity (Wildman–Crippen MR) is 53.1 cm³/mol. The third-order valence-electron chi connectivity index (χ3n) is 1.64. The van der Waals surface area contributed by atoms with Gasteiger partial charge in [0.05, 0.1) is 11.1 Å². The molecule has 0 aliphatic heterocycles. The molecule has 0 spiro atoms. The molecule has 1 rings (SSSR count). The summed E-state index contributed by atoms with van der Waals surface area (Å²) in [6.45, 7) is -0.0458. The second-order valence-corrected chi connectivity index (χ2v) is 3.77. The van der Waals surface area contributed by atoms with Crippen LogP contribution in [0.2, 0.25) is 5.02 Å². The van der Waals surface area contributed by atoms with Gasteiger partial charge in [0.15, 0.2) is 0 Å². The van der Waals surface area contributed by atoms with Gasteiger partial charge in [0.25, 0.3) is 0 Å². The second kappa shape index (κ2) is 4.37. The van der Waals surface area contributed by atoms with E-state index in [1.54, 1.807) is 6.07 Å². The molecule has 72 valence electrons. The van der Waals surface area contributed by atoms with E-state index in [0.717, 1.165) is 0 Å². The first-order valence-electron chi connectivity index (χ1n) is 3.59. The lowest BCUT2D eigenvalue weighted by Gasteiger charge is -2.12. The average Bonchev–Trinajstić information content (AvgIpc) is 2.12. The van der Waals surface area contributed by atoms with Gasteiger partial charge in [0.2, 0.25) is 0 Å². The second-order valence-electron chi connectivity index (χ2n) is 2.51. The molecule has 13 heavy (non-hydrogen) atoms. The number of nitrogens with two attached hydrogens (primary N) is 1. The molecule has 0 aliphatic rings. The van der Waals surface area contributed by atoms with Crippen LogP contribution in [0, 0.1) is 5.82 Å². The number of halogens is 3. The molecule has 0 bridgehead atoms. The van der Waals surface area contributed by atoms with Crippen LogP contribution in [0.5, 0.6) is 0 Å². The zero-order valence-electron chi connectivity index (χ0n) is 6.60. The maximum atomic E-state index is 13.3. The van der Waals surface area contributed by atoms with Crippen LogP contribution in [0.15, 0.2) is 16.6 Å². The number of rotatable bonds is 2. The average molecular weight is 269 g/mol. The van der Waals surface area contributed by atoms with E-state index in [1.165, 1.54) is 6.07 Å². The largest absolute Gasteiger partial charge is 0.387 e. The summed E-state index contributed by atoms with van der Waals surface area (Å²) < 4.78 is 13.8. The standard InChI is InChI=1S/C8H8BrClFNO/c9-4-1-2-5(10)8(11)7(4)6(13)3-12/h1-2,6,13H,3,12H2. The summed E-state index contributed by atoms with van der Waals surface area (Å²) in [6, 6.07) is 2.98. The number of benzene rings is 1. The molecule has 1 atom stereocenters. The van der Waals surface area contributed by atoms with E-state index < -0.39 is 11.9 Å². The Kier molecular flexibility index (Phi) is 3.67. The number of aliphatic hydroxyl groups is 1. The van der Waals surface area contributed by atoms with Gasteiger partial charge in [-0.05, 0) is 12.1 Å². The van der Waals surface area contributed by atoms with E-state index in [0.29, 0.717) is 4.47 Å². The number of hydrogen-bond donors (Lipinski definition) is 2. The highest BCUT2D eigenvalue weighted by Gasteiger charge is 2.17. The Hall–Kier alpha value is -0.160. The Morgan fingerprint density at radius 3 is 2.77 bits per heavy atom. The summed E-state index contributed by atoms with van der Waals surface area (Å²) in [5.41, 5.74) is 5.32. The van der Waals surface area contributed by atoms with E-state index in [1.807, 2.05) is 0 Å². The normalized spacial score (nSPS) is 13.0. The molecule has 0 aromatic heterocycles. The van der Waals surface area contributed by atoms with Crippen molar-refractivity contribution < 1.29 is 9.50 Å². The molecule has 1 aromatic rings. The fraction of sp³-hybridized carbons (Fsp3) is 0.250. The Balaban J connectivity index is 3.25. The lowest BCUT2D eigenvalue weighted by molar-refractivity contribution is 0.181. The molecule has 0 heterocycles. The number of hydrogen-bond acceptors (Lipinski definition) is 2. The summed E-state index contributed by atoms with van der Waals surface area (Å²) in [4.78, 5) is 0. The molecule has 0 saturated heterocycles. The fourth-order valence-corrected chi connectivity index (χ4v) is 1.70. The van der Waals surface area contributed by atoms with Crippen LogP contribution in [-0.4, -0.2) is 11.7 Å². The zero-order chi connectivity index (χ0) is 10.0. The molecule has 0 saturated carbocycles. The van der Waals surface area contributed by atoms with Gasteiger partial charge in [-0.25, -0.2) is 4.39 Å². The van der Waals surface area contributed by atoms with Crippen LogP contribution in [0.3, 0.4) is 0 Å². The third-order valence-corrected chi connectivity index (χ3v) is 2.62. The van der Waals surface area contributed by atoms with Crippen molar-refractivity contribution in [3.05, 3.63) is 33.0 Å². The van der Waals surface area contributed by atoms with Crippen molar-refractivity contribution in [3.8, 4) is 0 Å². The highest BCUT2D eigenvalue weighted by Crippen LogP contribution is 2.30. The van der Waals surface area contributed by atoms with Crippen LogP contribution in [0.25, 0.3) is 0 Å². The Morgan fingerprint density at radius 2 is 2.23 bits per heavy atom. The fourth-order valence-electron chi connectivity index (χ4n) is 0.966. The summed E-state index contributed by atoms with van der Waals surface area (Å²) in [6.07, 6.45) is -1.03. The van der Waals surface area contributed by atoms with Crippen molar-refractivity contribution in [1.29, 1.82) is 0 Å². The quantitative estimate of drug-likeness (QED) is 0.808. The summed E-state index contributed by atoms with van der Waals surface area (Å²) in [5, 5.41) is 9.34. The van der Waals surface area contributed by atoms with Gasteiger partial charge in [-0.2, -0.15) is 0 Å². The Morgan fingerprint density at radius 1 is 1.62 bits per heavy atom. The van der Waals surface area contributed by atoms with Gasteiger partial charge in [-0.15, -0.1) is 0 Å². The summed E-state index contributed by atoms with van der Waals surface area (Å²) in [7, 11) is 0. The van der Waals surface area contributed by atoms with Gasteiger partial charge in [0, 0.05) is 16.6 Å². The molecule has 0 fully saturated rings. The van der Waals surface area contributed by atoms with Crippen molar-refractivity contribution in [2.45, 2.75) is 6.10 Å². The monoisotopic (exact) mass is 267 g/mol. The van der Waals surface area contributed by atoms with Crippen LogP contribution in [0.1, 0.15) is 11.7 Å². The van der Waals surface area contributed by atoms with Crippen LogP contribution in [-0.2, 0) is 0 Å². The highest BCUT2D eigenvalue weighted by atomic mass is 79.9. The van der Waals surface area contributed by atoms with E-state index in [4.69, 9.17) is 17.3 Å². The van der Waals surface area contributed by atoms with Crippen molar-refractivity contribution in [2.75, 3.05) is 6.54 Å². The van der Waals surface area contributed by atoms with Gasteiger partial charge in [-0.3, -0.25) is 0 Å². The predicted octanol–water partition coefficient (Wildman–Crippen LogP) is 2.23. The molecular weight excluding hydrogens is 260 g/mol. The first-order chi connectivity index (χ1) is 6.07. The lowest BCUT2D eigenvalue weighted by Crippen LogP contribution is -2.13. The maximum absolute atomic E-state index is 13.3. The summed E-state index contributed by atoms with van der Waals surface area (Å²) in [5.74, 6) is -0.631. The van der Waals surface area contributed by atoms with Gasteiger partial charge < -0.3 is 10.8 Å². The van der Waals surface area contributed by atoms with E-state index in [2.05, 4.69) is 15.9 Å². The third kappa shape index (κ3) is 2.20. The SMILES string of the molecule is NCC(O)c1c(Br)ccc(Cl)c1F. The molecule has 2 nitrogen and oxygen atoms in total. The van der Waals surface area contributed by atoms with Crippen LogP contribution >= 0.6 is 27.5 Å². The van der Waals surface area contributed by atoms with Gasteiger partial charge >= 0.3 is 0 Å². The minimum Gasteiger partial charge on any atom is -0.387 e. The molecule has 0 amide bonds. The van der Waals surface area contributed by atoms with Crippen molar-refractivity contribution >= 4 is 27.5 Å². The lowest BCUT2D eigenvalue weighted by atomic mass is 10.1. The molecule has 3 N–H and O–H groups in total. The minimum absolute atomic E-state index is 0.0225. The topological polar surface area (TPSA) is 46.2 Å². The smallest absolute Gasteiger partial charge is 0.148 e. The molecule has 1 unspecified atom stereocenters. The van der Waals surface area contributed by atoms with Crippen LogP contribution < -0.4 is 5.73 Å². The first kappa shape index (κ1) is 10.9. The van der Waals surface area contributed by atoms with Crippen molar-refractivity contribution in [3.63, 3.8) is 0 Å². The maximum Gasteiger partial charge on any atom is 0.148 e. The van der Waals surface area contributed by atoms with Crippen molar-refractivity contribution in [2.24, 2.45) is 5.73 Å². The Labute approximate surface area is 88.6 Å². The number of aliphatic hydroxyl groups excluding tert-OH is 1. The van der Waals surface area contributed by atoms with Gasteiger partial charge in [0.1, 0.15) is 5.82 Å².